The molecule has 4 fully saturated rings. The molecule has 9 atom stereocenters. The third-order valence-corrected chi connectivity index (χ3v) is 13.1. The van der Waals surface area contributed by atoms with Crippen LogP contribution in [0.25, 0.3) is 0 Å². The van der Waals surface area contributed by atoms with Crippen molar-refractivity contribution in [2.75, 3.05) is 0 Å². The molecule has 4 saturated carbocycles. The maximum Gasteiger partial charge on any atom is 0.0608 e. The van der Waals surface area contributed by atoms with Crippen molar-refractivity contribution in [1.82, 2.24) is 0 Å². The first-order valence-corrected chi connectivity index (χ1v) is 13.7. The van der Waals surface area contributed by atoms with E-state index in [1.807, 2.05) is 0 Å². The molecule has 5 aliphatic rings. The molecule has 0 bridgehead atoms. The highest BCUT2D eigenvalue weighted by molar-refractivity contribution is 5.34. The van der Waals surface area contributed by atoms with Crippen LogP contribution in [-0.4, -0.2) is 22.4 Å². The van der Waals surface area contributed by atoms with Crippen LogP contribution in [0.3, 0.4) is 0 Å². The first kappa shape index (κ1) is 23.4. The van der Waals surface area contributed by atoms with Gasteiger partial charge in [-0.15, -0.1) is 0 Å². The van der Waals surface area contributed by atoms with Crippen LogP contribution in [0.2, 0.25) is 0 Å². The fourth-order valence-electron chi connectivity index (χ4n) is 10.5. The molecule has 2 heteroatoms. The lowest BCUT2D eigenvalue weighted by molar-refractivity contribution is -0.244. The predicted molar refractivity (Wildman–Crippen MR) is 132 cm³/mol. The second kappa shape index (κ2) is 6.66. The number of fused-ring (bicyclic) bond motifs is 7. The van der Waals surface area contributed by atoms with Gasteiger partial charge in [0.2, 0.25) is 0 Å². The van der Waals surface area contributed by atoms with Crippen molar-refractivity contribution in [3.8, 4) is 0 Å². The quantitative estimate of drug-likeness (QED) is 0.391. The first-order valence-electron chi connectivity index (χ1n) is 13.7. The van der Waals surface area contributed by atoms with Gasteiger partial charge in [-0.25, -0.2) is 0 Å². The van der Waals surface area contributed by atoms with Crippen LogP contribution in [0.4, 0.5) is 0 Å². The Balaban J connectivity index is 1.61. The molecule has 0 saturated heterocycles. The van der Waals surface area contributed by atoms with Gasteiger partial charge in [0, 0.05) is 5.41 Å². The molecule has 0 spiro atoms. The molecule has 5 rings (SSSR count). The number of rotatable bonds is 0. The lowest BCUT2D eigenvalue weighted by Gasteiger charge is -2.72. The van der Waals surface area contributed by atoms with Crippen molar-refractivity contribution in [3.63, 3.8) is 0 Å². The highest BCUT2D eigenvalue weighted by Gasteiger charge is 2.70. The zero-order chi connectivity index (χ0) is 23.5. The highest BCUT2D eigenvalue weighted by atomic mass is 16.3. The molecule has 2 N–H and O–H groups in total. The van der Waals surface area contributed by atoms with Gasteiger partial charge in [0.1, 0.15) is 0 Å². The Morgan fingerprint density at radius 2 is 1.44 bits per heavy atom. The minimum Gasteiger partial charge on any atom is -0.393 e. The van der Waals surface area contributed by atoms with Crippen molar-refractivity contribution in [2.24, 2.45) is 50.2 Å². The standard InChI is InChI=1S/C30H50O2/c1-25(2)13-14-27(5)15-16-29(7)19(20(27)18-25)9-10-21-28(6)12-11-23(31)26(3,4)22(28)17-24(32)30(21,29)8/h9,20-24,31-32H,10-18H2,1-8H3/t20-,21+,22-,23-,24-,27+,28+,29+,30-/m0/s1. The van der Waals surface area contributed by atoms with Gasteiger partial charge in [-0.1, -0.05) is 67.0 Å². The molecule has 5 aliphatic carbocycles. The van der Waals surface area contributed by atoms with Gasteiger partial charge in [-0.3, -0.25) is 0 Å². The third kappa shape index (κ3) is 2.72. The van der Waals surface area contributed by atoms with E-state index in [4.69, 9.17) is 0 Å². The van der Waals surface area contributed by atoms with Gasteiger partial charge in [0.05, 0.1) is 12.2 Å². The van der Waals surface area contributed by atoms with Crippen LogP contribution >= 0.6 is 0 Å². The Morgan fingerprint density at radius 3 is 2.12 bits per heavy atom. The number of aliphatic hydroxyl groups excluding tert-OH is 2. The molecule has 0 aromatic heterocycles. The number of aliphatic hydroxyl groups is 2. The van der Waals surface area contributed by atoms with Crippen molar-refractivity contribution in [2.45, 2.75) is 125 Å². The number of hydrogen-bond acceptors (Lipinski definition) is 2. The van der Waals surface area contributed by atoms with Crippen LogP contribution in [0.15, 0.2) is 11.6 Å². The minimum atomic E-state index is -0.287. The lowest BCUT2D eigenvalue weighted by atomic mass is 9.33. The average molecular weight is 443 g/mol. The van der Waals surface area contributed by atoms with E-state index in [1.165, 1.54) is 32.1 Å². The summed E-state index contributed by atoms with van der Waals surface area (Å²) < 4.78 is 0. The smallest absolute Gasteiger partial charge is 0.0608 e. The molecular weight excluding hydrogens is 392 g/mol. The average Bonchev–Trinajstić information content (AvgIpc) is 2.70. The van der Waals surface area contributed by atoms with Crippen molar-refractivity contribution >= 4 is 0 Å². The molecule has 0 aromatic rings. The summed E-state index contributed by atoms with van der Waals surface area (Å²) in [6.45, 7) is 19.6. The summed E-state index contributed by atoms with van der Waals surface area (Å²) in [5.74, 6) is 1.54. The Kier molecular flexibility index (Phi) is 4.87. The van der Waals surface area contributed by atoms with E-state index >= 15 is 0 Å². The summed E-state index contributed by atoms with van der Waals surface area (Å²) in [6.07, 6.45) is 12.7. The molecule has 2 nitrogen and oxygen atoms in total. The van der Waals surface area contributed by atoms with Crippen LogP contribution in [-0.2, 0) is 0 Å². The fraction of sp³-hybridized carbons (Fsp3) is 0.933. The van der Waals surface area contributed by atoms with E-state index in [2.05, 4.69) is 61.5 Å². The third-order valence-electron chi connectivity index (χ3n) is 13.1. The minimum absolute atomic E-state index is 0.0797. The van der Waals surface area contributed by atoms with Crippen LogP contribution in [0.1, 0.15) is 113 Å². The van der Waals surface area contributed by atoms with Gasteiger partial charge < -0.3 is 10.2 Å². The summed E-state index contributed by atoms with van der Waals surface area (Å²) in [5.41, 5.74) is 2.64. The van der Waals surface area contributed by atoms with Crippen molar-refractivity contribution in [1.29, 1.82) is 0 Å². The van der Waals surface area contributed by atoms with Crippen molar-refractivity contribution < 1.29 is 10.2 Å². The van der Waals surface area contributed by atoms with Gasteiger partial charge in [0.25, 0.3) is 0 Å². The normalized spacial score (nSPS) is 56.2. The molecule has 32 heavy (non-hydrogen) atoms. The Morgan fingerprint density at radius 1 is 0.781 bits per heavy atom. The monoisotopic (exact) mass is 442 g/mol. The van der Waals surface area contributed by atoms with Gasteiger partial charge in [-0.2, -0.15) is 0 Å². The molecule has 0 heterocycles. The predicted octanol–water partition coefficient (Wildman–Crippen LogP) is 7.14. The Labute approximate surface area is 197 Å². The van der Waals surface area contributed by atoms with Gasteiger partial charge in [0.15, 0.2) is 0 Å². The molecule has 0 aliphatic heterocycles. The lowest BCUT2D eigenvalue weighted by Crippen LogP contribution is -2.68. The largest absolute Gasteiger partial charge is 0.393 e. The van der Waals surface area contributed by atoms with Crippen LogP contribution < -0.4 is 0 Å². The molecule has 0 unspecified atom stereocenters. The zero-order valence-corrected chi connectivity index (χ0v) is 22.2. The highest BCUT2D eigenvalue weighted by Crippen LogP contribution is 2.75. The maximum absolute atomic E-state index is 12.0. The van der Waals surface area contributed by atoms with E-state index in [-0.39, 0.29) is 33.9 Å². The molecule has 182 valence electrons. The second-order valence-corrected chi connectivity index (χ2v) is 15.3. The summed E-state index contributed by atoms with van der Waals surface area (Å²) in [6, 6.07) is 0. The SMILES string of the molecule is CC1(C)CC[C@]2(C)CC[C@]3(C)C(=CC[C@@H]4[C@@]5(C)CC[C@H](O)C(C)(C)[C@@H]5C[C@H](O)[C@]43C)[C@@H]2C1. The van der Waals surface area contributed by atoms with Crippen molar-refractivity contribution in [3.05, 3.63) is 11.6 Å². The van der Waals surface area contributed by atoms with E-state index < -0.39 is 0 Å². The fourth-order valence-corrected chi connectivity index (χ4v) is 10.5. The second-order valence-electron chi connectivity index (χ2n) is 15.3. The molecule has 0 amide bonds. The summed E-state index contributed by atoms with van der Waals surface area (Å²) in [5, 5.41) is 22.9. The van der Waals surface area contributed by atoms with E-state index in [9.17, 15) is 10.2 Å². The van der Waals surface area contributed by atoms with E-state index in [0.29, 0.717) is 28.6 Å². The topological polar surface area (TPSA) is 40.5 Å². The Hall–Kier alpha value is -0.340. The van der Waals surface area contributed by atoms with E-state index in [0.717, 1.165) is 25.7 Å². The van der Waals surface area contributed by atoms with Gasteiger partial charge in [-0.05, 0) is 103 Å². The van der Waals surface area contributed by atoms with Gasteiger partial charge >= 0.3 is 0 Å². The first-order chi connectivity index (χ1) is 14.6. The zero-order valence-electron chi connectivity index (χ0n) is 22.2. The number of hydrogen-bond donors (Lipinski definition) is 2. The Bertz CT molecular complexity index is 825. The summed E-state index contributed by atoms with van der Waals surface area (Å²) >= 11 is 0. The molecule has 0 aromatic carbocycles. The maximum atomic E-state index is 12.0. The molecule has 0 radical (unpaired) electrons. The summed E-state index contributed by atoms with van der Waals surface area (Å²) in [4.78, 5) is 0. The van der Waals surface area contributed by atoms with Crippen LogP contribution in [0, 0.1) is 50.2 Å². The number of allylic oxidation sites excluding steroid dienone is 2. The molecular formula is C30H50O2. The van der Waals surface area contributed by atoms with Crippen LogP contribution in [0.5, 0.6) is 0 Å². The van der Waals surface area contributed by atoms with E-state index in [1.54, 1.807) is 5.57 Å². The summed E-state index contributed by atoms with van der Waals surface area (Å²) in [7, 11) is 0.